The molecule has 1 heterocycles. The zero-order valence-electron chi connectivity index (χ0n) is 8.14. The number of nitrogens with zero attached hydrogens (tertiary/aromatic N) is 2. The lowest BCUT2D eigenvalue weighted by Crippen LogP contribution is -2.26. The molecule has 1 aromatic heterocycles. The van der Waals surface area contributed by atoms with E-state index in [4.69, 9.17) is 5.11 Å². The molecule has 1 rings (SSSR count). The number of likely N-dealkylation sites (N-methyl/N-ethyl adjacent to an activating group) is 1. The van der Waals surface area contributed by atoms with Crippen LogP contribution in [0.1, 0.15) is 12.5 Å². The van der Waals surface area contributed by atoms with E-state index < -0.39 is 0 Å². The number of hydrogen-bond donors (Lipinski definition) is 1. The predicted octanol–water partition coefficient (Wildman–Crippen LogP) is 0.894. The monoisotopic (exact) mass is 180 g/mol. The molecule has 0 radical (unpaired) electrons. The second kappa shape index (κ2) is 4.94. The van der Waals surface area contributed by atoms with Crippen LogP contribution in [0, 0.1) is 0 Å². The summed E-state index contributed by atoms with van der Waals surface area (Å²) in [7, 11) is 1.99. The van der Waals surface area contributed by atoms with E-state index in [9.17, 15) is 0 Å². The summed E-state index contributed by atoms with van der Waals surface area (Å²) in [5.41, 5.74) is 1.17. The average Bonchev–Trinajstić information content (AvgIpc) is 2.04. The van der Waals surface area contributed by atoms with Gasteiger partial charge in [-0.05, 0) is 25.6 Å². The zero-order chi connectivity index (χ0) is 9.68. The third-order valence-corrected chi connectivity index (χ3v) is 1.75. The van der Waals surface area contributed by atoms with Crippen molar-refractivity contribution in [2.24, 2.45) is 0 Å². The number of rotatable bonds is 4. The molecule has 0 aliphatic rings. The Balaban J connectivity index is 2.41. The molecule has 0 aliphatic carbocycles. The molecule has 1 N–H and O–H groups in total. The second-order valence-electron chi connectivity index (χ2n) is 3.41. The molecule has 0 spiro atoms. The van der Waals surface area contributed by atoms with Crippen LogP contribution in [0.2, 0.25) is 0 Å². The molecule has 1 atom stereocenters. The fraction of sp³-hybridized carbons (Fsp3) is 0.500. The first-order chi connectivity index (χ1) is 6.18. The van der Waals surface area contributed by atoms with Crippen LogP contribution in [0.4, 0.5) is 0 Å². The van der Waals surface area contributed by atoms with Gasteiger partial charge in [0, 0.05) is 25.5 Å². The molecular formula is C10H16N2O. The lowest BCUT2D eigenvalue weighted by Gasteiger charge is -2.17. The van der Waals surface area contributed by atoms with Gasteiger partial charge in [0.2, 0.25) is 0 Å². The molecule has 0 saturated heterocycles. The highest BCUT2D eigenvalue weighted by atomic mass is 16.3. The van der Waals surface area contributed by atoms with E-state index in [2.05, 4.69) is 9.88 Å². The normalized spacial score (nSPS) is 13.2. The van der Waals surface area contributed by atoms with E-state index in [-0.39, 0.29) is 6.10 Å². The Bertz CT molecular complexity index is 236. The van der Waals surface area contributed by atoms with Gasteiger partial charge in [-0.1, -0.05) is 6.07 Å². The molecule has 3 heteroatoms. The van der Waals surface area contributed by atoms with Gasteiger partial charge in [0.25, 0.3) is 0 Å². The van der Waals surface area contributed by atoms with Crippen LogP contribution in [0.3, 0.4) is 0 Å². The molecule has 1 aromatic rings. The van der Waals surface area contributed by atoms with Crippen molar-refractivity contribution < 1.29 is 5.11 Å². The first kappa shape index (κ1) is 10.2. The van der Waals surface area contributed by atoms with Gasteiger partial charge >= 0.3 is 0 Å². The molecule has 3 nitrogen and oxygen atoms in total. The molecule has 0 saturated carbocycles. The topological polar surface area (TPSA) is 36.4 Å². The van der Waals surface area contributed by atoms with Crippen molar-refractivity contribution >= 4 is 0 Å². The minimum atomic E-state index is -0.276. The van der Waals surface area contributed by atoms with Crippen molar-refractivity contribution in [1.29, 1.82) is 0 Å². The maximum atomic E-state index is 9.14. The maximum absolute atomic E-state index is 9.14. The lowest BCUT2D eigenvalue weighted by atomic mass is 10.2. The summed E-state index contributed by atoms with van der Waals surface area (Å²) in [6.07, 6.45) is 3.33. The fourth-order valence-corrected chi connectivity index (χ4v) is 1.32. The summed E-state index contributed by atoms with van der Waals surface area (Å²) in [6.45, 7) is 3.31. The molecule has 13 heavy (non-hydrogen) atoms. The minimum Gasteiger partial charge on any atom is -0.392 e. The first-order valence-electron chi connectivity index (χ1n) is 4.44. The number of aromatic nitrogens is 1. The Labute approximate surface area is 79.0 Å². The van der Waals surface area contributed by atoms with Gasteiger partial charge in [-0.3, -0.25) is 9.88 Å². The van der Waals surface area contributed by atoms with Crippen LogP contribution in [-0.2, 0) is 6.54 Å². The highest BCUT2D eigenvalue weighted by Crippen LogP contribution is 2.00. The number of aliphatic hydroxyl groups excluding tert-OH is 1. The van der Waals surface area contributed by atoms with Crippen molar-refractivity contribution in [2.75, 3.05) is 13.6 Å². The first-order valence-corrected chi connectivity index (χ1v) is 4.44. The van der Waals surface area contributed by atoms with E-state index in [1.165, 1.54) is 5.56 Å². The highest BCUT2D eigenvalue weighted by Gasteiger charge is 2.02. The molecular weight excluding hydrogens is 164 g/mol. The zero-order valence-corrected chi connectivity index (χ0v) is 8.14. The third-order valence-electron chi connectivity index (χ3n) is 1.75. The van der Waals surface area contributed by atoms with Crippen LogP contribution in [-0.4, -0.2) is 34.7 Å². The molecule has 0 bridgehead atoms. The van der Waals surface area contributed by atoms with Crippen molar-refractivity contribution in [3.63, 3.8) is 0 Å². The van der Waals surface area contributed by atoms with Gasteiger partial charge in [-0.15, -0.1) is 0 Å². The van der Waals surface area contributed by atoms with Gasteiger partial charge in [0.05, 0.1) is 6.10 Å². The van der Waals surface area contributed by atoms with E-state index in [1.54, 1.807) is 13.1 Å². The average molecular weight is 180 g/mol. The van der Waals surface area contributed by atoms with Crippen LogP contribution in [0.25, 0.3) is 0 Å². The maximum Gasteiger partial charge on any atom is 0.0639 e. The summed E-state index contributed by atoms with van der Waals surface area (Å²) in [5, 5.41) is 9.14. The summed E-state index contributed by atoms with van der Waals surface area (Å²) in [4.78, 5) is 6.10. The van der Waals surface area contributed by atoms with Crippen LogP contribution in [0.5, 0.6) is 0 Å². The number of hydrogen-bond acceptors (Lipinski definition) is 3. The lowest BCUT2D eigenvalue weighted by molar-refractivity contribution is 0.138. The Morgan fingerprint density at radius 2 is 2.38 bits per heavy atom. The fourth-order valence-electron chi connectivity index (χ4n) is 1.32. The number of aliphatic hydroxyl groups is 1. The van der Waals surface area contributed by atoms with E-state index in [1.807, 2.05) is 25.4 Å². The Morgan fingerprint density at radius 3 is 2.92 bits per heavy atom. The Morgan fingerprint density at radius 1 is 1.62 bits per heavy atom. The molecule has 0 amide bonds. The quantitative estimate of drug-likeness (QED) is 0.747. The smallest absolute Gasteiger partial charge is 0.0639 e. The van der Waals surface area contributed by atoms with E-state index in [0.717, 1.165) is 6.54 Å². The standard InChI is InChI=1S/C10H16N2O/c1-9(13)7-12(2)8-10-4-3-5-11-6-10/h3-6,9,13H,7-8H2,1-2H3. The number of pyridine rings is 1. The largest absolute Gasteiger partial charge is 0.392 e. The second-order valence-corrected chi connectivity index (χ2v) is 3.41. The van der Waals surface area contributed by atoms with Crippen molar-refractivity contribution in [3.05, 3.63) is 30.1 Å². The molecule has 0 fully saturated rings. The molecule has 0 aliphatic heterocycles. The van der Waals surface area contributed by atoms with Crippen LogP contribution in [0.15, 0.2) is 24.5 Å². The summed E-state index contributed by atoms with van der Waals surface area (Å²) < 4.78 is 0. The summed E-state index contributed by atoms with van der Waals surface area (Å²) in [6, 6.07) is 3.96. The highest BCUT2D eigenvalue weighted by molar-refractivity contribution is 5.07. The van der Waals surface area contributed by atoms with Crippen LogP contribution < -0.4 is 0 Å². The summed E-state index contributed by atoms with van der Waals surface area (Å²) >= 11 is 0. The SMILES string of the molecule is CC(O)CN(C)Cc1cccnc1. The third kappa shape index (κ3) is 4.01. The van der Waals surface area contributed by atoms with E-state index >= 15 is 0 Å². The van der Waals surface area contributed by atoms with Crippen LogP contribution >= 0.6 is 0 Å². The Kier molecular flexibility index (Phi) is 3.86. The Hall–Kier alpha value is -0.930. The van der Waals surface area contributed by atoms with Crippen molar-refractivity contribution in [1.82, 2.24) is 9.88 Å². The van der Waals surface area contributed by atoms with Crippen molar-refractivity contribution in [2.45, 2.75) is 19.6 Å². The molecule has 72 valence electrons. The molecule has 0 aromatic carbocycles. The predicted molar refractivity (Wildman–Crippen MR) is 52.3 cm³/mol. The minimum absolute atomic E-state index is 0.276. The molecule has 1 unspecified atom stereocenters. The van der Waals surface area contributed by atoms with Gasteiger partial charge in [-0.2, -0.15) is 0 Å². The summed E-state index contributed by atoms with van der Waals surface area (Å²) in [5.74, 6) is 0. The van der Waals surface area contributed by atoms with Gasteiger partial charge in [0.15, 0.2) is 0 Å². The van der Waals surface area contributed by atoms with Gasteiger partial charge in [0.1, 0.15) is 0 Å². The van der Waals surface area contributed by atoms with Gasteiger partial charge < -0.3 is 5.11 Å². The van der Waals surface area contributed by atoms with Crippen molar-refractivity contribution in [3.8, 4) is 0 Å². The van der Waals surface area contributed by atoms with Gasteiger partial charge in [-0.25, -0.2) is 0 Å². The van der Waals surface area contributed by atoms with E-state index in [0.29, 0.717) is 6.54 Å².